The van der Waals surface area contributed by atoms with Gasteiger partial charge in [-0.25, -0.2) is 4.79 Å². The fourth-order valence-electron chi connectivity index (χ4n) is 5.55. The average molecular weight is 545 g/mol. The van der Waals surface area contributed by atoms with Crippen LogP contribution in [0.3, 0.4) is 0 Å². The summed E-state index contributed by atoms with van der Waals surface area (Å²) in [6, 6.07) is 8.95. The number of nitrogens with two attached hydrogens (primary N) is 1. The molecule has 39 heavy (non-hydrogen) atoms. The summed E-state index contributed by atoms with van der Waals surface area (Å²) >= 11 is 0. The molecule has 2 aromatic rings. The number of nitrogens with zero attached hydrogens (tertiary/aromatic N) is 1. The molecule has 214 valence electrons. The number of ketones is 1. The van der Waals surface area contributed by atoms with Gasteiger partial charge >= 0.3 is 5.97 Å². The molecule has 1 saturated carbocycles. The van der Waals surface area contributed by atoms with Gasteiger partial charge in [0, 0.05) is 24.0 Å². The summed E-state index contributed by atoms with van der Waals surface area (Å²) in [6.07, 6.45) is 0.311. The van der Waals surface area contributed by atoms with Crippen LogP contribution in [-0.2, 0) is 4.74 Å². The number of aromatic hydroxyl groups is 1. The van der Waals surface area contributed by atoms with E-state index >= 15 is 0 Å². The summed E-state index contributed by atoms with van der Waals surface area (Å²) < 4.78 is 5.54. The second-order valence-corrected chi connectivity index (χ2v) is 10.6. The normalized spacial score (nSPS) is 28.5. The van der Waals surface area contributed by atoms with Crippen LogP contribution in [0, 0.1) is 6.92 Å². The molecule has 0 aromatic heterocycles. The summed E-state index contributed by atoms with van der Waals surface area (Å²) in [7, 11) is 3.68. The van der Waals surface area contributed by atoms with Crippen LogP contribution in [-0.4, -0.2) is 99.9 Å². The molecule has 0 aliphatic heterocycles. The van der Waals surface area contributed by atoms with Gasteiger partial charge in [0.1, 0.15) is 30.1 Å². The average Bonchev–Trinajstić information content (AvgIpc) is 3.01. The first-order chi connectivity index (χ1) is 18.3. The number of aryl methyl sites for hydroxylation is 1. The first kappa shape index (κ1) is 30.5. The number of anilines is 1. The topological polar surface area (TPSA) is 178 Å². The molecule has 11 heteroatoms. The summed E-state index contributed by atoms with van der Waals surface area (Å²) in [5.41, 5.74) is 2.58. The van der Waals surface area contributed by atoms with Crippen LogP contribution in [0.15, 0.2) is 42.5 Å². The van der Waals surface area contributed by atoms with Gasteiger partial charge < -0.3 is 36.2 Å². The van der Waals surface area contributed by atoms with E-state index in [1.165, 1.54) is 19.1 Å². The third kappa shape index (κ3) is 5.38. The number of benzene rings is 2. The highest BCUT2D eigenvalue weighted by molar-refractivity contribution is 5.97. The molecule has 0 radical (unpaired) electrons. The molecule has 0 saturated heterocycles. The van der Waals surface area contributed by atoms with Gasteiger partial charge in [-0.3, -0.25) is 15.0 Å². The number of aliphatic hydroxyl groups is 3. The van der Waals surface area contributed by atoms with E-state index in [0.717, 1.165) is 0 Å². The number of hydrogen-bond donors (Lipinski definition) is 7. The number of esters is 1. The lowest BCUT2D eigenvalue weighted by molar-refractivity contribution is -0.174. The molecule has 0 bridgehead atoms. The minimum Gasteiger partial charge on any atom is -0.507 e. The van der Waals surface area contributed by atoms with Crippen molar-refractivity contribution >= 4 is 17.4 Å². The zero-order chi connectivity index (χ0) is 29.2. The van der Waals surface area contributed by atoms with E-state index in [0.29, 0.717) is 24.3 Å². The molecular formula is C28H40N4O7. The largest absolute Gasteiger partial charge is 0.507 e. The molecule has 5 atom stereocenters. The van der Waals surface area contributed by atoms with Crippen LogP contribution >= 0.6 is 0 Å². The van der Waals surface area contributed by atoms with E-state index in [4.69, 9.17) is 10.5 Å². The summed E-state index contributed by atoms with van der Waals surface area (Å²) in [5.74, 6) is -1.62. The van der Waals surface area contributed by atoms with Crippen molar-refractivity contribution in [1.29, 1.82) is 0 Å². The number of carbonyl (C=O) groups excluding carboxylic acids is 2. The van der Waals surface area contributed by atoms with Gasteiger partial charge in [0.25, 0.3) is 0 Å². The predicted molar refractivity (Wildman–Crippen MR) is 147 cm³/mol. The van der Waals surface area contributed by atoms with E-state index in [2.05, 4.69) is 10.6 Å². The number of carbonyl (C=O) groups is 2. The molecule has 8 N–H and O–H groups in total. The third-order valence-corrected chi connectivity index (χ3v) is 7.95. The lowest BCUT2D eigenvalue weighted by atomic mass is 9.74. The fourth-order valence-corrected chi connectivity index (χ4v) is 5.55. The Bertz CT molecular complexity index is 1180. The minimum atomic E-state index is -2.13. The Labute approximate surface area is 228 Å². The van der Waals surface area contributed by atoms with Crippen LogP contribution in [0.1, 0.15) is 46.5 Å². The fraction of sp³-hybridized carbons (Fsp3) is 0.500. The van der Waals surface area contributed by atoms with Crippen LogP contribution in [0.4, 0.5) is 5.69 Å². The Balaban J connectivity index is 2.05. The van der Waals surface area contributed by atoms with E-state index in [-0.39, 0.29) is 16.9 Å². The highest BCUT2D eigenvalue weighted by Crippen LogP contribution is 2.49. The van der Waals surface area contributed by atoms with Gasteiger partial charge in [0.2, 0.25) is 0 Å². The van der Waals surface area contributed by atoms with Gasteiger partial charge in [-0.05, 0) is 58.1 Å². The predicted octanol–water partition coefficient (Wildman–Crippen LogP) is 0.594. The lowest BCUT2D eigenvalue weighted by Crippen LogP contribution is -2.71. The number of aliphatic hydroxyl groups excluding tert-OH is 1. The van der Waals surface area contributed by atoms with Crippen LogP contribution in [0.25, 0.3) is 0 Å². The Morgan fingerprint density at radius 2 is 1.82 bits per heavy atom. The van der Waals surface area contributed by atoms with Crippen molar-refractivity contribution in [1.82, 2.24) is 10.2 Å². The SMILES string of the molecule is CCC1(NCN(C)C)C(N)C(Nc2cccc(C(=O)CO)c2)C(O)(COC(=O)c2c(C)cccc2O)C1(C)O. The van der Waals surface area contributed by atoms with Gasteiger partial charge in [-0.2, -0.15) is 0 Å². The highest BCUT2D eigenvalue weighted by Gasteiger charge is 2.73. The smallest absolute Gasteiger partial charge is 0.342 e. The first-order valence-corrected chi connectivity index (χ1v) is 12.8. The molecule has 1 aliphatic rings. The molecule has 0 spiro atoms. The van der Waals surface area contributed by atoms with Crippen LogP contribution in [0.2, 0.25) is 0 Å². The van der Waals surface area contributed by atoms with E-state index in [1.807, 2.05) is 25.9 Å². The van der Waals surface area contributed by atoms with E-state index in [9.17, 15) is 30.0 Å². The van der Waals surface area contributed by atoms with Crippen molar-refractivity contribution in [3.63, 3.8) is 0 Å². The molecule has 0 amide bonds. The second-order valence-electron chi connectivity index (χ2n) is 10.6. The van der Waals surface area contributed by atoms with Gasteiger partial charge in [-0.1, -0.05) is 31.2 Å². The molecule has 1 fully saturated rings. The molecular weight excluding hydrogens is 504 g/mol. The quantitative estimate of drug-likeness (QED) is 0.120. The molecule has 5 unspecified atom stereocenters. The maximum absolute atomic E-state index is 13.0. The number of nitrogens with one attached hydrogen (secondary N) is 2. The molecule has 1 aliphatic carbocycles. The van der Waals surface area contributed by atoms with Gasteiger partial charge in [0.05, 0.1) is 11.6 Å². The molecule has 0 heterocycles. The minimum absolute atomic E-state index is 0.0461. The number of rotatable bonds is 11. The lowest BCUT2D eigenvalue weighted by Gasteiger charge is -2.47. The standard InChI is InChI=1S/C28H40N4O7/c1-6-27(30-16-32(4)5)23(29)24(31-19-11-8-10-18(13-19)21(35)14-33)28(38,26(27,3)37)15-39-25(36)22-17(2)9-7-12-20(22)34/h7-13,23-24,30-31,33-34,37-38H,6,14-16,29H2,1-5H3. The Kier molecular flexibility index (Phi) is 9.06. The molecule has 2 aromatic carbocycles. The zero-order valence-corrected chi connectivity index (χ0v) is 23.1. The summed E-state index contributed by atoms with van der Waals surface area (Å²) in [5, 5.41) is 50.2. The number of phenolic OH excluding ortho intramolecular Hbond substituents is 1. The Hall–Kier alpha value is -3.06. The summed E-state index contributed by atoms with van der Waals surface area (Å²) in [6.45, 7) is 3.94. The maximum atomic E-state index is 13.0. The van der Waals surface area contributed by atoms with Crippen molar-refractivity contribution < 1.29 is 34.8 Å². The Morgan fingerprint density at radius 3 is 2.41 bits per heavy atom. The number of phenols is 1. The monoisotopic (exact) mass is 544 g/mol. The van der Waals surface area contributed by atoms with Gasteiger partial charge in [-0.15, -0.1) is 0 Å². The number of ether oxygens (including phenoxy) is 1. The number of hydrogen-bond acceptors (Lipinski definition) is 11. The number of Topliss-reactive ketones (excluding diaryl/α,β-unsaturated/α-hetero) is 1. The van der Waals surface area contributed by atoms with Crippen LogP contribution in [0.5, 0.6) is 5.75 Å². The van der Waals surface area contributed by atoms with E-state index in [1.54, 1.807) is 37.3 Å². The highest BCUT2D eigenvalue weighted by atomic mass is 16.5. The second kappa shape index (κ2) is 11.6. The van der Waals surface area contributed by atoms with Crippen molar-refractivity contribution in [2.45, 2.75) is 56.0 Å². The maximum Gasteiger partial charge on any atom is 0.342 e. The third-order valence-electron chi connectivity index (χ3n) is 7.95. The van der Waals surface area contributed by atoms with Gasteiger partial charge in [0.15, 0.2) is 11.4 Å². The van der Waals surface area contributed by atoms with Crippen LogP contribution < -0.4 is 16.4 Å². The van der Waals surface area contributed by atoms with Crippen molar-refractivity contribution in [2.75, 3.05) is 39.3 Å². The first-order valence-electron chi connectivity index (χ1n) is 12.8. The van der Waals surface area contributed by atoms with Crippen molar-refractivity contribution in [3.05, 3.63) is 59.2 Å². The van der Waals surface area contributed by atoms with Crippen molar-refractivity contribution in [2.24, 2.45) is 5.73 Å². The zero-order valence-electron chi connectivity index (χ0n) is 23.1. The Morgan fingerprint density at radius 1 is 1.15 bits per heavy atom. The molecule has 3 rings (SSSR count). The summed E-state index contributed by atoms with van der Waals surface area (Å²) in [4.78, 5) is 27.0. The van der Waals surface area contributed by atoms with E-state index < -0.39 is 53.8 Å². The van der Waals surface area contributed by atoms with Crippen molar-refractivity contribution in [3.8, 4) is 5.75 Å². The molecule has 11 nitrogen and oxygen atoms in total.